The summed E-state index contributed by atoms with van der Waals surface area (Å²) in [6, 6.07) is 21.2. The highest BCUT2D eigenvalue weighted by Crippen LogP contribution is 2.28. The summed E-state index contributed by atoms with van der Waals surface area (Å²) >= 11 is 0. The normalized spacial score (nSPS) is 14.9. The first-order valence-electron chi connectivity index (χ1n) is 14.0. The van der Waals surface area contributed by atoms with Crippen molar-refractivity contribution in [1.82, 2.24) is 19.4 Å². The number of nitrogens with zero attached hydrogens (tertiary/aromatic N) is 4. The Bertz CT molecular complexity index is 1340. The number of anilines is 1. The number of hydrogen-bond acceptors (Lipinski definition) is 5. The lowest BCUT2D eigenvalue weighted by Gasteiger charge is -2.33. The number of fused-ring (bicyclic) bond motifs is 1. The quantitative estimate of drug-likeness (QED) is 0.260. The van der Waals surface area contributed by atoms with Crippen LogP contribution in [0.25, 0.3) is 11.0 Å². The Kier molecular flexibility index (Phi) is 8.28. The number of imidazole rings is 1. The summed E-state index contributed by atoms with van der Waals surface area (Å²) in [4.78, 5) is 12.6. The van der Waals surface area contributed by atoms with Crippen LogP contribution in [0.2, 0.25) is 0 Å². The highest BCUT2D eigenvalue weighted by Gasteiger charge is 2.22. The van der Waals surface area contributed by atoms with Crippen molar-refractivity contribution in [3.05, 3.63) is 83.2 Å². The lowest BCUT2D eigenvalue weighted by Crippen LogP contribution is -2.40. The molecule has 6 nitrogen and oxygen atoms in total. The minimum atomic E-state index is 0.417. The highest BCUT2D eigenvalue weighted by molar-refractivity contribution is 5.82. The topological polar surface area (TPSA) is 55.2 Å². The average Bonchev–Trinajstić information content (AvgIpc) is 3.26. The van der Waals surface area contributed by atoms with Crippen molar-refractivity contribution >= 4 is 17.0 Å². The minimum absolute atomic E-state index is 0.417. The van der Waals surface area contributed by atoms with Crippen molar-refractivity contribution in [3.63, 3.8) is 0 Å². The Morgan fingerprint density at radius 1 is 0.947 bits per heavy atom. The van der Waals surface area contributed by atoms with Crippen LogP contribution in [-0.4, -0.2) is 45.1 Å². The molecule has 1 saturated heterocycles. The van der Waals surface area contributed by atoms with Crippen molar-refractivity contribution in [1.29, 1.82) is 0 Å². The smallest absolute Gasteiger partial charge is 0.204 e. The van der Waals surface area contributed by atoms with Gasteiger partial charge in [0, 0.05) is 24.8 Å². The third-order valence-corrected chi connectivity index (χ3v) is 7.54. The Balaban J connectivity index is 1.38. The first-order valence-corrected chi connectivity index (χ1v) is 14.0. The third-order valence-electron chi connectivity index (χ3n) is 7.54. The molecule has 0 spiro atoms. The van der Waals surface area contributed by atoms with Gasteiger partial charge in [-0.15, -0.1) is 0 Å². The number of benzene rings is 2. The summed E-state index contributed by atoms with van der Waals surface area (Å²) in [6.45, 7) is 13.4. The molecule has 5 rings (SSSR count). The predicted octanol–water partition coefficient (Wildman–Crippen LogP) is 6.60. The van der Waals surface area contributed by atoms with Crippen LogP contribution in [0.5, 0.6) is 5.75 Å². The maximum Gasteiger partial charge on any atom is 0.204 e. The number of hydrogen-bond donors (Lipinski definition) is 1. The first-order chi connectivity index (χ1) is 18.5. The molecule has 3 heterocycles. The number of ether oxygens (including phenoxy) is 1. The monoisotopic (exact) mass is 511 g/mol. The number of piperidine rings is 1. The van der Waals surface area contributed by atoms with Crippen LogP contribution >= 0.6 is 0 Å². The van der Waals surface area contributed by atoms with E-state index in [1.165, 1.54) is 18.5 Å². The second-order valence-electron chi connectivity index (χ2n) is 11.1. The van der Waals surface area contributed by atoms with Crippen LogP contribution in [-0.2, 0) is 13.2 Å². The molecule has 4 aromatic rings. The molecule has 0 radical (unpaired) electrons. The summed E-state index contributed by atoms with van der Waals surface area (Å²) in [5.74, 6) is 2.50. The summed E-state index contributed by atoms with van der Waals surface area (Å²) in [5, 5.41) is 3.82. The van der Waals surface area contributed by atoms with Gasteiger partial charge in [0.15, 0.2) is 0 Å². The maximum atomic E-state index is 6.28. The summed E-state index contributed by atoms with van der Waals surface area (Å²) < 4.78 is 8.56. The lowest BCUT2D eigenvalue weighted by molar-refractivity contribution is 0.208. The lowest BCUT2D eigenvalue weighted by atomic mass is 10.0. The van der Waals surface area contributed by atoms with Crippen LogP contribution < -0.4 is 10.1 Å². The van der Waals surface area contributed by atoms with Crippen LogP contribution in [0.1, 0.15) is 55.6 Å². The van der Waals surface area contributed by atoms with Gasteiger partial charge in [0.25, 0.3) is 0 Å². The van der Waals surface area contributed by atoms with E-state index in [2.05, 4.69) is 65.9 Å². The summed E-state index contributed by atoms with van der Waals surface area (Å²) in [6.07, 6.45) is 3.54. The maximum absolute atomic E-state index is 6.28. The van der Waals surface area contributed by atoms with E-state index in [-0.39, 0.29) is 0 Å². The zero-order valence-electron chi connectivity index (χ0n) is 23.3. The second-order valence-corrected chi connectivity index (χ2v) is 11.1. The van der Waals surface area contributed by atoms with Gasteiger partial charge in [-0.3, -0.25) is 4.98 Å². The second kappa shape index (κ2) is 12.0. The van der Waals surface area contributed by atoms with Crippen molar-refractivity contribution in [3.8, 4) is 5.75 Å². The summed E-state index contributed by atoms with van der Waals surface area (Å²) in [7, 11) is 0. The molecule has 38 heavy (non-hydrogen) atoms. The molecule has 0 atom stereocenters. The van der Waals surface area contributed by atoms with E-state index in [1.54, 1.807) is 0 Å². The molecular formula is C32H41N5O. The van der Waals surface area contributed by atoms with E-state index in [4.69, 9.17) is 14.7 Å². The molecule has 2 aromatic heterocycles. The molecule has 0 saturated carbocycles. The Hall–Kier alpha value is -3.38. The fourth-order valence-electron chi connectivity index (χ4n) is 5.21. The van der Waals surface area contributed by atoms with E-state index in [0.29, 0.717) is 19.2 Å². The van der Waals surface area contributed by atoms with Gasteiger partial charge in [0.05, 0.1) is 17.6 Å². The number of nitrogens with one attached hydrogen (secondary N) is 1. The molecule has 6 heteroatoms. The number of para-hydroxylation sites is 1. The molecule has 200 valence electrons. The van der Waals surface area contributed by atoms with Crippen molar-refractivity contribution < 1.29 is 4.74 Å². The Labute approximate surface area is 227 Å². The molecule has 1 aliphatic rings. The number of aryl methyl sites for hydroxylation is 2. The highest BCUT2D eigenvalue weighted by atomic mass is 16.5. The molecule has 1 aliphatic heterocycles. The van der Waals surface area contributed by atoms with E-state index in [9.17, 15) is 0 Å². The van der Waals surface area contributed by atoms with Gasteiger partial charge in [-0.1, -0.05) is 56.3 Å². The van der Waals surface area contributed by atoms with Crippen molar-refractivity contribution in [2.45, 2.75) is 66.2 Å². The van der Waals surface area contributed by atoms with Crippen LogP contribution in [0, 0.1) is 19.8 Å². The van der Waals surface area contributed by atoms with Gasteiger partial charge in [-0.25, -0.2) is 4.98 Å². The van der Waals surface area contributed by atoms with Gasteiger partial charge < -0.3 is 19.5 Å². The molecule has 2 aromatic carbocycles. The minimum Gasteiger partial charge on any atom is -0.487 e. The SMILES string of the molecule is Cc1ccc(OCc2ccccc2)c(Cn2c(NC3CCN(CCC(C)C)CC3)nc3c(C)cccc32)n1. The predicted molar refractivity (Wildman–Crippen MR) is 156 cm³/mol. The Morgan fingerprint density at radius 3 is 2.50 bits per heavy atom. The van der Waals surface area contributed by atoms with Gasteiger partial charge in [-0.2, -0.15) is 0 Å². The van der Waals surface area contributed by atoms with Crippen molar-refractivity contribution in [2.24, 2.45) is 5.92 Å². The van der Waals surface area contributed by atoms with Gasteiger partial charge in [0.2, 0.25) is 5.95 Å². The Morgan fingerprint density at radius 2 is 1.74 bits per heavy atom. The number of likely N-dealkylation sites (tertiary alicyclic amines) is 1. The molecule has 1 N–H and O–H groups in total. The van der Waals surface area contributed by atoms with E-state index in [1.807, 2.05) is 37.3 Å². The molecule has 0 unspecified atom stereocenters. The summed E-state index contributed by atoms with van der Waals surface area (Å²) in [5.41, 5.74) is 6.41. The van der Waals surface area contributed by atoms with Crippen LogP contribution in [0.3, 0.4) is 0 Å². The fraction of sp³-hybridized carbons (Fsp3) is 0.438. The fourth-order valence-corrected chi connectivity index (χ4v) is 5.21. The standard InChI is InChI=1S/C32H41N5O/c1-23(2)15-18-36-19-16-27(17-20-36)34-32-35-31-24(3)9-8-12-29(31)37(32)21-28-30(14-13-25(4)33-28)38-22-26-10-6-5-7-11-26/h5-14,23,27H,15-22H2,1-4H3,(H,34,35). The average molecular weight is 512 g/mol. The molecule has 0 amide bonds. The van der Waals surface area contributed by atoms with Crippen molar-refractivity contribution in [2.75, 3.05) is 25.0 Å². The third kappa shape index (κ3) is 6.36. The largest absolute Gasteiger partial charge is 0.487 e. The van der Waals surface area contributed by atoms with Gasteiger partial charge in [0.1, 0.15) is 18.1 Å². The van der Waals surface area contributed by atoms with E-state index >= 15 is 0 Å². The number of rotatable bonds is 10. The van der Waals surface area contributed by atoms with Gasteiger partial charge >= 0.3 is 0 Å². The van der Waals surface area contributed by atoms with Crippen LogP contribution in [0.4, 0.5) is 5.95 Å². The first kappa shape index (κ1) is 26.2. The van der Waals surface area contributed by atoms with Crippen LogP contribution in [0.15, 0.2) is 60.7 Å². The zero-order chi connectivity index (χ0) is 26.5. The molecular weight excluding hydrogens is 470 g/mol. The van der Waals surface area contributed by atoms with E-state index in [0.717, 1.165) is 71.5 Å². The number of pyridine rings is 1. The molecule has 0 bridgehead atoms. The molecule has 1 fully saturated rings. The van der Waals surface area contributed by atoms with Gasteiger partial charge in [-0.05, 0) is 74.9 Å². The van der Waals surface area contributed by atoms with E-state index < -0.39 is 0 Å². The number of aromatic nitrogens is 3. The molecule has 0 aliphatic carbocycles. The zero-order valence-corrected chi connectivity index (χ0v) is 23.3.